The van der Waals surface area contributed by atoms with Crippen LogP contribution in [-0.4, -0.2) is 38.4 Å². The quantitative estimate of drug-likeness (QED) is 0.911. The number of rotatable bonds is 4. The largest absolute Gasteiger partial charge is 0.342 e. The number of carbonyl (C=O) groups excluding carboxylic acids is 1. The van der Waals surface area contributed by atoms with Crippen LogP contribution in [0.3, 0.4) is 0 Å². The lowest BCUT2D eigenvalue weighted by atomic mass is 10.0. The third kappa shape index (κ3) is 4.29. The summed E-state index contributed by atoms with van der Waals surface area (Å²) < 4.78 is 40.7. The molecule has 0 radical (unpaired) electrons. The van der Waals surface area contributed by atoms with Gasteiger partial charge in [-0.05, 0) is 43.5 Å². The molecule has 1 aromatic rings. The van der Waals surface area contributed by atoms with Gasteiger partial charge in [0.2, 0.25) is 15.9 Å². The minimum Gasteiger partial charge on any atom is -0.342 e. The molecule has 0 saturated carbocycles. The molecule has 1 aromatic carbocycles. The number of hydrogen-bond donors (Lipinski definition) is 1. The topological polar surface area (TPSA) is 66.5 Å². The summed E-state index contributed by atoms with van der Waals surface area (Å²) in [6, 6.07) is 3.55. The fraction of sp³-hybridized carbons (Fsp3) is 0.562. The van der Waals surface area contributed by atoms with Crippen molar-refractivity contribution in [2.24, 2.45) is 5.92 Å². The fourth-order valence-electron chi connectivity index (χ4n) is 2.65. The molecule has 128 valence electrons. The molecule has 1 amide bonds. The molecule has 1 fully saturated rings. The van der Waals surface area contributed by atoms with E-state index in [1.165, 1.54) is 19.1 Å². The molecule has 0 aromatic heterocycles. The Labute approximate surface area is 136 Å². The Morgan fingerprint density at radius 2 is 1.91 bits per heavy atom. The molecule has 1 heterocycles. The highest BCUT2D eigenvalue weighted by Gasteiger charge is 2.27. The van der Waals surface area contributed by atoms with Crippen LogP contribution in [-0.2, 0) is 14.8 Å². The number of likely N-dealkylation sites (tertiary alicyclic amines) is 1. The lowest BCUT2D eigenvalue weighted by molar-refractivity contribution is -0.135. The predicted molar refractivity (Wildman–Crippen MR) is 85.9 cm³/mol. The van der Waals surface area contributed by atoms with E-state index in [1.54, 1.807) is 4.90 Å². The second kappa shape index (κ2) is 6.97. The maximum Gasteiger partial charge on any atom is 0.240 e. The van der Waals surface area contributed by atoms with Crippen LogP contribution in [0, 0.1) is 18.7 Å². The van der Waals surface area contributed by atoms with E-state index in [1.807, 2.05) is 13.8 Å². The molecule has 0 atom stereocenters. The van der Waals surface area contributed by atoms with E-state index >= 15 is 0 Å². The van der Waals surface area contributed by atoms with Crippen LogP contribution >= 0.6 is 0 Å². The molecule has 1 aliphatic heterocycles. The number of nitrogens with zero attached hydrogens (tertiary/aromatic N) is 1. The molecule has 5 nitrogen and oxygen atoms in total. The zero-order chi connectivity index (χ0) is 17.2. The van der Waals surface area contributed by atoms with E-state index < -0.39 is 15.8 Å². The third-order valence-corrected chi connectivity index (χ3v) is 5.58. The van der Waals surface area contributed by atoms with Gasteiger partial charge >= 0.3 is 0 Å². The lowest BCUT2D eigenvalue weighted by Gasteiger charge is -2.33. The third-order valence-electron chi connectivity index (χ3n) is 4.06. The highest BCUT2D eigenvalue weighted by molar-refractivity contribution is 7.89. The SMILES string of the molecule is Cc1cc(S(=O)(=O)NC2CCN(C(=O)C(C)C)CC2)ccc1F. The Morgan fingerprint density at radius 1 is 1.30 bits per heavy atom. The first kappa shape index (κ1) is 17.9. The van der Waals surface area contributed by atoms with Gasteiger partial charge in [0.1, 0.15) is 5.82 Å². The first-order valence-electron chi connectivity index (χ1n) is 7.78. The van der Waals surface area contributed by atoms with Crippen LogP contribution in [0.25, 0.3) is 0 Å². The van der Waals surface area contributed by atoms with Crippen molar-refractivity contribution < 1.29 is 17.6 Å². The highest BCUT2D eigenvalue weighted by atomic mass is 32.2. The van der Waals surface area contributed by atoms with Crippen molar-refractivity contribution in [1.82, 2.24) is 9.62 Å². The van der Waals surface area contributed by atoms with Gasteiger partial charge < -0.3 is 4.90 Å². The molecular weight excluding hydrogens is 319 g/mol. The molecule has 0 bridgehead atoms. The van der Waals surface area contributed by atoms with Gasteiger partial charge in [0.05, 0.1) is 4.90 Å². The standard InChI is InChI=1S/C16H23FN2O3S/c1-11(2)16(20)19-8-6-13(7-9-19)18-23(21,22)14-4-5-15(17)12(3)10-14/h4-5,10-11,13,18H,6-9H2,1-3H3. The van der Waals surface area contributed by atoms with Crippen molar-refractivity contribution in [3.8, 4) is 0 Å². The van der Waals surface area contributed by atoms with Gasteiger partial charge in [-0.15, -0.1) is 0 Å². The Kier molecular flexibility index (Phi) is 5.41. The van der Waals surface area contributed by atoms with Crippen LogP contribution in [0.5, 0.6) is 0 Å². The number of sulfonamides is 1. The molecule has 7 heteroatoms. The van der Waals surface area contributed by atoms with E-state index in [9.17, 15) is 17.6 Å². The van der Waals surface area contributed by atoms with Gasteiger partial charge in [0.15, 0.2) is 0 Å². The molecule has 0 spiro atoms. The number of nitrogens with one attached hydrogen (secondary N) is 1. The van der Waals surface area contributed by atoms with Crippen LogP contribution in [0.1, 0.15) is 32.3 Å². The van der Waals surface area contributed by atoms with Crippen LogP contribution in [0.4, 0.5) is 4.39 Å². The summed E-state index contributed by atoms with van der Waals surface area (Å²) in [4.78, 5) is 13.8. The number of aryl methyl sites for hydroxylation is 1. The van der Waals surface area contributed by atoms with Crippen molar-refractivity contribution in [1.29, 1.82) is 0 Å². The highest BCUT2D eigenvalue weighted by Crippen LogP contribution is 2.18. The predicted octanol–water partition coefficient (Wildman–Crippen LogP) is 2.06. The van der Waals surface area contributed by atoms with Gasteiger partial charge in [0.25, 0.3) is 0 Å². The minimum absolute atomic E-state index is 0.0505. The van der Waals surface area contributed by atoms with Crippen LogP contribution in [0.15, 0.2) is 23.1 Å². The lowest BCUT2D eigenvalue weighted by Crippen LogP contribution is -2.47. The Morgan fingerprint density at radius 3 is 2.43 bits per heavy atom. The number of halogens is 1. The fourth-order valence-corrected chi connectivity index (χ4v) is 4.04. The van der Waals surface area contributed by atoms with E-state index in [0.29, 0.717) is 31.5 Å². The molecule has 1 aliphatic rings. The average molecular weight is 342 g/mol. The van der Waals surface area contributed by atoms with E-state index in [2.05, 4.69) is 4.72 Å². The summed E-state index contributed by atoms with van der Waals surface area (Å²) in [7, 11) is -3.67. The molecule has 0 unspecified atom stereocenters. The van der Waals surface area contributed by atoms with Gasteiger partial charge in [-0.2, -0.15) is 0 Å². The maximum atomic E-state index is 13.3. The monoisotopic (exact) mass is 342 g/mol. The summed E-state index contributed by atoms with van der Waals surface area (Å²) in [5.74, 6) is -0.379. The molecule has 2 rings (SSSR count). The molecular formula is C16H23FN2O3S. The molecule has 23 heavy (non-hydrogen) atoms. The van der Waals surface area contributed by atoms with Gasteiger partial charge in [-0.3, -0.25) is 4.79 Å². The number of benzene rings is 1. The average Bonchev–Trinajstić information content (AvgIpc) is 2.49. The smallest absolute Gasteiger partial charge is 0.240 e. The van der Waals surface area contributed by atoms with Crippen molar-refractivity contribution in [2.75, 3.05) is 13.1 Å². The second-order valence-corrected chi connectivity index (χ2v) is 8.00. The number of piperidine rings is 1. The Balaban J connectivity index is 2.00. The summed E-state index contributed by atoms with van der Waals surface area (Å²) in [6.07, 6.45) is 1.16. The van der Waals surface area contributed by atoms with Crippen molar-refractivity contribution in [2.45, 2.75) is 44.6 Å². The molecule has 0 aliphatic carbocycles. The molecule has 1 N–H and O–H groups in total. The van der Waals surface area contributed by atoms with Crippen molar-refractivity contribution >= 4 is 15.9 Å². The minimum atomic E-state index is -3.67. The van der Waals surface area contributed by atoms with Crippen LogP contribution in [0.2, 0.25) is 0 Å². The Hall–Kier alpha value is -1.47. The van der Waals surface area contributed by atoms with Gasteiger partial charge in [-0.1, -0.05) is 13.8 Å². The first-order chi connectivity index (χ1) is 10.7. The van der Waals surface area contributed by atoms with E-state index in [-0.39, 0.29) is 22.8 Å². The summed E-state index contributed by atoms with van der Waals surface area (Å²) in [5, 5.41) is 0. The van der Waals surface area contributed by atoms with Crippen LogP contribution < -0.4 is 4.72 Å². The second-order valence-electron chi connectivity index (χ2n) is 6.29. The Bertz CT molecular complexity index is 681. The zero-order valence-electron chi connectivity index (χ0n) is 13.7. The van der Waals surface area contributed by atoms with E-state index in [4.69, 9.17) is 0 Å². The van der Waals surface area contributed by atoms with Crippen molar-refractivity contribution in [3.63, 3.8) is 0 Å². The van der Waals surface area contributed by atoms with Crippen molar-refractivity contribution in [3.05, 3.63) is 29.6 Å². The van der Waals surface area contributed by atoms with Gasteiger partial charge in [-0.25, -0.2) is 17.5 Å². The number of hydrogen-bond acceptors (Lipinski definition) is 3. The normalized spacial score (nSPS) is 16.8. The maximum absolute atomic E-state index is 13.3. The number of carbonyl (C=O) groups is 1. The van der Waals surface area contributed by atoms with Gasteiger partial charge in [0, 0.05) is 25.0 Å². The summed E-state index contributed by atoms with van der Waals surface area (Å²) in [6.45, 7) is 6.34. The zero-order valence-corrected chi connectivity index (χ0v) is 14.5. The summed E-state index contributed by atoms with van der Waals surface area (Å²) in [5.41, 5.74) is 0.297. The number of amides is 1. The first-order valence-corrected chi connectivity index (χ1v) is 9.26. The summed E-state index contributed by atoms with van der Waals surface area (Å²) >= 11 is 0. The van der Waals surface area contributed by atoms with E-state index in [0.717, 1.165) is 6.07 Å². The molecule has 1 saturated heterocycles.